The molecular weight excluding hydrogens is 412 g/mol. The molecule has 2 aromatic rings. The average Bonchev–Trinajstić information content (AvgIpc) is 2.85. The van der Waals surface area contributed by atoms with Crippen LogP contribution in [0, 0.1) is 30.6 Å². The van der Waals surface area contributed by atoms with Crippen molar-refractivity contribution >= 4 is 18.2 Å². The number of aliphatic hydroxyl groups excluding tert-OH is 1. The summed E-state index contributed by atoms with van der Waals surface area (Å²) >= 11 is 0. The average molecular weight is 447 g/mol. The first-order chi connectivity index (χ1) is 16.5. The summed E-state index contributed by atoms with van der Waals surface area (Å²) in [5.41, 5.74) is 7.63. The summed E-state index contributed by atoms with van der Waals surface area (Å²) in [4.78, 5) is 0. The van der Waals surface area contributed by atoms with Gasteiger partial charge in [-0.1, -0.05) is 91.1 Å². The standard InChI is InChI=1S/C33H34O/c1-5-11-30-16-18-31(19-17-30)20-21-32-22-24-33(28(4)26-32)23-14-27(3)13-15-29(6-2)12-9-7-8-10-25-34/h6,13-24,26,34H,3,7-8,10,25H2,1-2,4H3/b15-13-,21-20+,23-14+,29-6-. The normalized spacial score (nSPS) is 11.5. The van der Waals surface area contributed by atoms with E-state index in [9.17, 15) is 0 Å². The van der Waals surface area contributed by atoms with Gasteiger partial charge in [-0.3, -0.25) is 0 Å². The molecule has 34 heavy (non-hydrogen) atoms. The van der Waals surface area contributed by atoms with Gasteiger partial charge in [-0.05, 0) is 79.6 Å². The molecule has 0 unspecified atom stereocenters. The predicted octanol–water partition coefficient (Wildman–Crippen LogP) is 7.77. The summed E-state index contributed by atoms with van der Waals surface area (Å²) in [6.45, 7) is 10.3. The van der Waals surface area contributed by atoms with E-state index in [1.54, 1.807) is 0 Å². The molecule has 0 atom stereocenters. The molecule has 0 aliphatic carbocycles. The smallest absolute Gasteiger partial charge is 0.0431 e. The monoisotopic (exact) mass is 446 g/mol. The van der Waals surface area contributed by atoms with Gasteiger partial charge in [-0.15, -0.1) is 5.92 Å². The Balaban J connectivity index is 1.97. The highest BCUT2D eigenvalue weighted by molar-refractivity contribution is 5.71. The van der Waals surface area contributed by atoms with Crippen LogP contribution in [0.15, 0.2) is 84.5 Å². The number of allylic oxidation sites excluding steroid dienone is 6. The third kappa shape index (κ3) is 9.79. The summed E-state index contributed by atoms with van der Waals surface area (Å²) in [5, 5.41) is 8.83. The zero-order valence-electron chi connectivity index (χ0n) is 20.6. The van der Waals surface area contributed by atoms with Crippen LogP contribution in [0.1, 0.15) is 60.9 Å². The molecule has 1 heteroatoms. The third-order valence-corrected chi connectivity index (χ3v) is 5.15. The molecule has 172 valence electrons. The van der Waals surface area contributed by atoms with Crippen molar-refractivity contribution in [1.29, 1.82) is 0 Å². The van der Waals surface area contributed by atoms with Crippen molar-refractivity contribution in [3.8, 4) is 23.7 Å². The molecule has 0 radical (unpaired) electrons. The van der Waals surface area contributed by atoms with Crippen molar-refractivity contribution in [2.45, 2.75) is 40.0 Å². The van der Waals surface area contributed by atoms with Gasteiger partial charge in [0.1, 0.15) is 0 Å². The zero-order chi connectivity index (χ0) is 24.6. The van der Waals surface area contributed by atoms with E-state index in [1.165, 1.54) is 16.7 Å². The van der Waals surface area contributed by atoms with Crippen LogP contribution in [-0.4, -0.2) is 11.7 Å². The second-order valence-corrected chi connectivity index (χ2v) is 7.91. The molecule has 0 aromatic heterocycles. The second-order valence-electron chi connectivity index (χ2n) is 7.91. The van der Waals surface area contributed by atoms with E-state index in [0.29, 0.717) is 0 Å². The lowest BCUT2D eigenvalue weighted by Crippen LogP contribution is -1.83. The molecule has 1 nitrogen and oxygen atoms in total. The van der Waals surface area contributed by atoms with Crippen LogP contribution in [0.3, 0.4) is 0 Å². The van der Waals surface area contributed by atoms with Crippen molar-refractivity contribution in [3.05, 3.63) is 112 Å². The minimum atomic E-state index is 0.229. The summed E-state index contributed by atoms with van der Waals surface area (Å²) in [6, 6.07) is 14.7. The van der Waals surface area contributed by atoms with E-state index in [4.69, 9.17) is 5.11 Å². The van der Waals surface area contributed by atoms with Crippen molar-refractivity contribution in [2.24, 2.45) is 0 Å². The van der Waals surface area contributed by atoms with Crippen molar-refractivity contribution in [3.63, 3.8) is 0 Å². The Morgan fingerprint density at radius 1 is 0.941 bits per heavy atom. The third-order valence-electron chi connectivity index (χ3n) is 5.15. The molecule has 2 aromatic carbocycles. The Hall–Kier alpha value is -3.78. The molecule has 0 aliphatic rings. The summed E-state index contributed by atoms with van der Waals surface area (Å²) < 4.78 is 0. The maximum Gasteiger partial charge on any atom is 0.0431 e. The second kappa shape index (κ2) is 15.1. The maximum absolute atomic E-state index is 8.83. The minimum Gasteiger partial charge on any atom is -0.396 e. The van der Waals surface area contributed by atoms with Gasteiger partial charge in [-0.2, -0.15) is 0 Å². The molecule has 0 saturated carbocycles. The fraction of sp³-hybridized carbons (Fsp3) is 0.212. The quantitative estimate of drug-likeness (QED) is 0.180. The molecule has 0 bridgehead atoms. The Bertz CT molecular complexity index is 1190. The first kappa shape index (κ1) is 26.5. The van der Waals surface area contributed by atoms with Crippen molar-refractivity contribution < 1.29 is 5.11 Å². The highest BCUT2D eigenvalue weighted by Crippen LogP contribution is 2.17. The van der Waals surface area contributed by atoms with E-state index in [0.717, 1.165) is 41.5 Å². The predicted molar refractivity (Wildman–Crippen MR) is 149 cm³/mol. The number of unbranched alkanes of at least 4 members (excludes halogenated alkanes) is 2. The largest absolute Gasteiger partial charge is 0.396 e. The number of aryl methyl sites for hydroxylation is 1. The van der Waals surface area contributed by atoms with Gasteiger partial charge in [0.25, 0.3) is 0 Å². The molecule has 0 spiro atoms. The van der Waals surface area contributed by atoms with Gasteiger partial charge < -0.3 is 5.11 Å². The van der Waals surface area contributed by atoms with Gasteiger partial charge in [0.15, 0.2) is 0 Å². The number of hydrogen-bond donors (Lipinski definition) is 1. The SMILES string of the molecule is C=C(/C=C\C(C#CCCCCO)=C/C)/C=C/c1ccc(/C=C/c2ccc(C#CC)cc2)cc1C. The fourth-order valence-electron chi connectivity index (χ4n) is 3.15. The zero-order valence-corrected chi connectivity index (χ0v) is 20.6. The van der Waals surface area contributed by atoms with Crippen LogP contribution >= 0.6 is 0 Å². The van der Waals surface area contributed by atoms with E-state index >= 15 is 0 Å². The Morgan fingerprint density at radius 3 is 2.35 bits per heavy atom. The number of benzene rings is 2. The number of hydrogen-bond acceptors (Lipinski definition) is 1. The maximum atomic E-state index is 8.83. The van der Waals surface area contributed by atoms with E-state index in [1.807, 2.05) is 50.3 Å². The van der Waals surface area contributed by atoms with Gasteiger partial charge >= 0.3 is 0 Å². The molecule has 0 saturated heterocycles. The molecule has 1 N–H and O–H groups in total. The lowest BCUT2D eigenvalue weighted by molar-refractivity contribution is 0.285. The Kier molecular flexibility index (Phi) is 11.8. The number of rotatable bonds is 9. The van der Waals surface area contributed by atoms with Crippen LogP contribution in [0.2, 0.25) is 0 Å². The first-order valence-corrected chi connectivity index (χ1v) is 11.7. The summed E-state index contributed by atoms with van der Waals surface area (Å²) in [6.07, 6.45) is 16.9. The van der Waals surface area contributed by atoms with Gasteiger partial charge in [0.05, 0.1) is 0 Å². The molecule has 0 amide bonds. The van der Waals surface area contributed by atoms with Gasteiger partial charge in [-0.25, -0.2) is 0 Å². The number of aliphatic hydroxyl groups is 1. The summed E-state index contributed by atoms with van der Waals surface area (Å²) in [5.74, 6) is 12.3. The molecule has 0 heterocycles. The Morgan fingerprint density at radius 2 is 1.68 bits per heavy atom. The molecule has 0 aliphatic heterocycles. The first-order valence-electron chi connectivity index (χ1n) is 11.7. The van der Waals surface area contributed by atoms with Crippen LogP contribution in [0.5, 0.6) is 0 Å². The van der Waals surface area contributed by atoms with Crippen LogP contribution in [0.25, 0.3) is 18.2 Å². The van der Waals surface area contributed by atoms with Crippen LogP contribution < -0.4 is 0 Å². The van der Waals surface area contributed by atoms with Crippen molar-refractivity contribution in [1.82, 2.24) is 0 Å². The highest BCUT2D eigenvalue weighted by Gasteiger charge is 1.96. The Labute approximate surface area is 205 Å². The molecule has 2 rings (SSSR count). The van der Waals surface area contributed by atoms with Gasteiger partial charge in [0.2, 0.25) is 0 Å². The molecule has 0 fully saturated rings. The van der Waals surface area contributed by atoms with E-state index in [2.05, 4.69) is 85.7 Å². The minimum absolute atomic E-state index is 0.229. The van der Waals surface area contributed by atoms with E-state index < -0.39 is 0 Å². The van der Waals surface area contributed by atoms with Crippen LogP contribution in [-0.2, 0) is 0 Å². The lowest BCUT2D eigenvalue weighted by Gasteiger charge is -2.03. The lowest BCUT2D eigenvalue weighted by atomic mass is 10.0. The van der Waals surface area contributed by atoms with Gasteiger partial charge in [0, 0.05) is 24.2 Å². The van der Waals surface area contributed by atoms with E-state index in [-0.39, 0.29) is 6.61 Å². The van der Waals surface area contributed by atoms with Crippen LogP contribution in [0.4, 0.5) is 0 Å². The highest BCUT2D eigenvalue weighted by atomic mass is 16.2. The summed E-state index contributed by atoms with van der Waals surface area (Å²) in [7, 11) is 0. The topological polar surface area (TPSA) is 20.2 Å². The van der Waals surface area contributed by atoms with Crippen molar-refractivity contribution in [2.75, 3.05) is 6.61 Å². The molecular formula is C33H34O. The fourth-order valence-corrected chi connectivity index (χ4v) is 3.15.